The first-order chi connectivity index (χ1) is 11.2. The summed E-state index contributed by atoms with van der Waals surface area (Å²) in [5.41, 5.74) is 2.59. The lowest BCUT2D eigenvalue weighted by molar-refractivity contribution is -0.123. The molecule has 5 heteroatoms. The Bertz CT molecular complexity index is 805. The number of nitrogens with zero attached hydrogens (tertiary/aromatic N) is 2. The molecule has 2 aromatic carbocycles. The van der Waals surface area contributed by atoms with E-state index in [-0.39, 0.29) is 18.6 Å². The number of carbonyl (C=O) groups excluding carboxylic acids is 1. The van der Waals surface area contributed by atoms with E-state index >= 15 is 0 Å². The van der Waals surface area contributed by atoms with E-state index in [9.17, 15) is 4.79 Å². The summed E-state index contributed by atoms with van der Waals surface area (Å²) in [6, 6.07) is 15.1. The Labute approximate surface area is 134 Å². The van der Waals surface area contributed by atoms with Crippen LogP contribution in [0.15, 0.2) is 60.9 Å². The maximum absolute atomic E-state index is 12.0. The predicted octanol–water partition coefficient (Wildman–Crippen LogP) is 2.89. The third-order valence-corrected chi connectivity index (χ3v) is 3.49. The van der Waals surface area contributed by atoms with Crippen LogP contribution in [-0.4, -0.2) is 22.5 Å². The van der Waals surface area contributed by atoms with Crippen LogP contribution in [0, 0.1) is 0 Å². The summed E-state index contributed by atoms with van der Waals surface area (Å²) >= 11 is 0. The Morgan fingerprint density at radius 1 is 1.09 bits per heavy atom. The molecule has 1 amide bonds. The van der Waals surface area contributed by atoms with Gasteiger partial charge >= 0.3 is 0 Å². The van der Waals surface area contributed by atoms with Gasteiger partial charge in [-0.3, -0.25) is 14.8 Å². The van der Waals surface area contributed by atoms with Gasteiger partial charge in [-0.05, 0) is 24.6 Å². The summed E-state index contributed by atoms with van der Waals surface area (Å²) in [7, 11) is 0. The minimum Gasteiger partial charge on any atom is -0.484 e. The van der Waals surface area contributed by atoms with Gasteiger partial charge in [-0.15, -0.1) is 0 Å². The number of amides is 1. The van der Waals surface area contributed by atoms with Gasteiger partial charge in [0.05, 0.1) is 17.1 Å². The van der Waals surface area contributed by atoms with Crippen LogP contribution in [0.4, 0.5) is 0 Å². The molecule has 3 aromatic rings. The average molecular weight is 307 g/mol. The zero-order chi connectivity index (χ0) is 16.1. The van der Waals surface area contributed by atoms with Crippen molar-refractivity contribution in [1.82, 2.24) is 15.3 Å². The van der Waals surface area contributed by atoms with Crippen molar-refractivity contribution in [3.63, 3.8) is 0 Å². The van der Waals surface area contributed by atoms with Crippen LogP contribution in [0.3, 0.4) is 0 Å². The molecular weight excluding hydrogens is 290 g/mol. The van der Waals surface area contributed by atoms with Gasteiger partial charge < -0.3 is 10.1 Å². The minimum absolute atomic E-state index is 0.0387. The highest BCUT2D eigenvalue weighted by Gasteiger charge is 2.10. The first-order valence-electron chi connectivity index (χ1n) is 7.40. The van der Waals surface area contributed by atoms with Gasteiger partial charge in [0.25, 0.3) is 5.91 Å². The predicted molar refractivity (Wildman–Crippen MR) is 88.0 cm³/mol. The lowest BCUT2D eigenvalue weighted by Crippen LogP contribution is -2.31. The molecule has 3 rings (SSSR count). The molecule has 0 fully saturated rings. The summed E-state index contributed by atoms with van der Waals surface area (Å²) in [5.74, 6) is 0.432. The van der Waals surface area contributed by atoms with Crippen LogP contribution >= 0.6 is 0 Å². The molecule has 0 aliphatic heterocycles. The Morgan fingerprint density at radius 2 is 1.83 bits per heavy atom. The molecule has 1 N–H and O–H groups in total. The molecule has 23 heavy (non-hydrogen) atoms. The quantitative estimate of drug-likeness (QED) is 0.787. The number of hydrogen-bond acceptors (Lipinski definition) is 4. The highest BCUT2D eigenvalue weighted by Crippen LogP contribution is 2.17. The molecule has 0 bridgehead atoms. The Balaban J connectivity index is 1.57. The van der Waals surface area contributed by atoms with Gasteiger partial charge in [0.2, 0.25) is 0 Å². The Morgan fingerprint density at radius 3 is 2.61 bits per heavy atom. The number of aromatic nitrogens is 2. The second-order valence-corrected chi connectivity index (χ2v) is 5.20. The standard InChI is InChI=1S/C18H17N3O2/c1-13(14-5-3-2-4-6-14)21-18(22)12-23-15-7-8-16-17(11-15)20-10-9-19-16/h2-11,13H,12H2,1H3,(H,21,22)/t13-/m1/s1. The van der Waals surface area contributed by atoms with Gasteiger partial charge in [-0.2, -0.15) is 0 Å². The van der Waals surface area contributed by atoms with Gasteiger partial charge in [-0.25, -0.2) is 0 Å². The fraction of sp³-hybridized carbons (Fsp3) is 0.167. The van der Waals surface area contributed by atoms with Crippen molar-refractivity contribution >= 4 is 16.9 Å². The highest BCUT2D eigenvalue weighted by atomic mass is 16.5. The summed E-state index contributed by atoms with van der Waals surface area (Å²) in [6.45, 7) is 1.90. The van der Waals surface area contributed by atoms with Gasteiger partial charge in [-0.1, -0.05) is 30.3 Å². The number of nitrogens with one attached hydrogen (secondary N) is 1. The normalized spacial score (nSPS) is 11.9. The Kier molecular flexibility index (Phi) is 4.47. The van der Waals surface area contributed by atoms with Crippen molar-refractivity contribution in [2.24, 2.45) is 0 Å². The van der Waals surface area contributed by atoms with E-state index in [2.05, 4.69) is 15.3 Å². The number of benzene rings is 2. The maximum atomic E-state index is 12.0. The van der Waals surface area contributed by atoms with Crippen LogP contribution in [0.5, 0.6) is 5.75 Å². The molecule has 0 radical (unpaired) electrons. The third-order valence-electron chi connectivity index (χ3n) is 3.49. The topological polar surface area (TPSA) is 64.1 Å². The third kappa shape index (κ3) is 3.83. The molecule has 0 saturated heterocycles. The molecule has 1 aromatic heterocycles. The van der Waals surface area contributed by atoms with E-state index in [1.807, 2.05) is 43.3 Å². The summed E-state index contributed by atoms with van der Waals surface area (Å²) in [6.07, 6.45) is 3.27. The summed E-state index contributed by atoms with van der Waals surface area (Å²) < 4.78 is 5.53. The second-order valence-electron chi connectivity index (χ2n) is 5.20. The fourth-order valence-corrected chi connectivity index (χ4v) is 2.29. The van der Waals surface area contributed by atoms with Gasteiger partial charge in [0.15, 0.2) is 6.61 Å². The van der Waals surface area contributed by atoms with E-state index in [4.69, 9.17) is 4.74 Å². The molecule has 0 aliphatic carbocycles. The molecule has 0 spiro atoms. The maximum Gasteiger partial charge on any atom is 0.258 e. The van der Waals surface area contributed by atoms with Crippen molar-refractivity contribution in [3.05, 3.63) is 66.5 Å². The van der Waals surface area contributed by atoms with Gasteiger partial charge in [0.1, 0.15) is 5.75 Å². The monoisotopic (exact) mass is 307 g/mol. The van der Waals surface area contributed by atoms with Crippen LogP contribution in [-0.2, 0) is 4.79 Å². The van der Waals surface area contributed by atoms with Crippen molar-refractivity contribution in [1.29, 1.82) is 0 Å². The van der Waals surface area contributed by atoms with E-state index in [1.165, 1.54) is 0 Å². The summed E-state index contributed by atoms with van der Waals surface area (Å²) in [4.78, 5) is 20.4. The molecular formula is C18H17N3O2. The highest BCUT2D eigenvalue weighted by molar-refractivity contribution is 5.78. The minimum atomic E-state index is -0.166. The van der Waals surface area contributed by atoms with Crippen molar-refractivity contribution in [3.8, 4) is 5.75 Å². The smallest absolute Gasteiger partial charge is 0.258 e. The van der Waals surface area contributed by atoms with E-state index in [0.717, 1.165) is 16.6 Å². The van der Waals surface area contributed by atoms with Crippen LogP contribution < -0.4 is 10.1 Å². The van der Waals surface area contributed by atoms with E-state index in [0.29, 0.717) is 5.75 Å². The molecule has 116 valence electrons. The lowest BCUT2D eigenvalue weighted by Gasteiger charge is -2.14. The van der Waals surface area contributed by atoms with Crippen molar-refractivity contribution < 1.29 is 9.53 Å². The van der Waals surface area contributed by atoms with E-state index in [1.54, 1.807) is 24.5 Å². The number of ether oxygens (including phenoxy) is 1. The lowest BCUT2D eigenvalue weighted by atomic mass is 10.1. The van der Waals surface area contributed by atoms with Crippen LogP contribution in [0.1, 0.15) is 18.5 Å². The average Bonchev–Trinajstić information content (AvgIpc) is 2.60. The number of hydrogen-bond donors (Lipinski definition) is 1. The second kappa shape index (κ2) is 6.87. The summed E-state index contributed by atoms with van der Waals surface area (Å²) in [5, 5.41) is 2.91. The molecule has 5 nitrogen and oxygen atoms in total. The van der Waals surface area contributed by atoms with Crippen LogP contribution in [0.25, 0.3) is 11.0 Å². The first kappa shape index (κ1) is 15.0. The zero-order valence-corrected chi connectivity index (χ0v) is 12.8. The molecule has 0 saturated carbocycles. The molecule has 0 aliphatic rings. The SMILES string of the molecule is C[C@@H](NC(=O)COc1ccc2nccnc2c1)c1ccccc1. The number of fused-ring (bicyclic) bond motifs is 1. The largest absolute Gasteiger partial charge is 0.484 e. The zero-order valence-electron chi connectivity index (χ0n) is 12.8. The van der Waals surface area contributed by atoms with Gasteiger partial charge in [0, 0.05) is 18.5 Å². The van der Waals surface area contributed by atoms with Crippen molar-refractivity contribution in [2.45, 2.75) is 13.0 Å². The number of rotatable bonds is 5. The first-order valence-corrected chi connectivity index (χ1v) is 7.40. The molecule has 0 unspecified atom stereocenters. The van der Waals surface area contributed by atoms with E-state index < -0.39 is 0 Å². The molecule has 1 heterocycles. The molecule has 1 atom stereocenters. The van der Waals surface area contributed by atoms with Crippen molar-refractivity contribution in [2.75, 3.05) is 6.61 Å². The van der Waals surface area contributed by atoms with Crippen LogP contribution in [0.2, 0.25) is 0 Å². The fourth-order valence-electron chi connectivity index (χ4n) is 2.29. The number of carbonyl (C=O) groups is 1. The Hall–Kier alpha value is -2.95.